The number of urea groups is 1. The van der Waals surface area contributed by atoms with Crippen molar-refractivity contribution in [3.8, 4) is 0 Å². The van der Waals surface area contributed by atoms with E-state index < -0.39 is 16.1 Å². The van der Waals surface area contributed by atoms with Gasteiger partial charge in [0.1, 0.15) is 4.90 Å². The second-order valence-corrected chi connectivity index (χ2v) is 9.22. The SMILES string of the molecule is Cc1ccc2c(c1)NC(=O)N(Cc1cccc(C(C)(C)C)c1)S2(=O)=O. The minimum Gasteiger partial charge on any atom is -0.306 e. The van der Waals surface area contributed by atoms with Crippen molar-refractivity contribution >= 4 is 21.7 Å². The molecule has 0 radical (unpaired) electrons. The van der Waals surface area contributed by atoms with Gasteiger partial charge in [-0.05, 0) is 41.2 Å². The Morgan fingerprint density at radius 1 is 1.08 bits per heavy atom. The van der Waals surface area contributed by atoms with Crippen molar-refractivity contribution in [3.63, 3.8) is 0 Å². The number of rotatable bonds is 2. The van der Waals surface area contributed by atoms with E-state index in [-0.39, 0.29) is 16.9 Å². The second-order valence-electron chi connectivity index (χ2n) is 7.39. The van der Waals surface area contributed by atoms with Crippen molar-refractivity contribution in [2.75, 3.05) is 5.32 Å². The first kappa shape index (κ1) is 17.5. The number of nitrogens with one attached hydrogen (secondary N) is 1. The Morgan fingerprint density at radius 3 is 2.48 bits per heavy atom. The largest absolute Gasteiger partial charge is 0.336 e. The molecule has 132 valence electrons. The van der Waals surface area contributed by atoms with Gasteiger partial charge in [0.15, 0.2) is 0 Å². The minimum absolute atomic E-state index is 0.00536. The van der Waals surface area contributed by atoms with Crippen LogP contribution in [-0.2, 0) is 22.0 Å². The lowest BCUT2D eigenvalue weighted by molar-refractivity contribution is 0.233. The molecule has 6 heteroatoms. The first-order valence-corrected chi connectivity index (χ1v) is 9.57. The number of anilines is 1. The van der Waals surface area contributed by atoms with Crippen LogP contribution < -0.4 is 5.32 Å². The number of fused-ring (bicyclic) bond motifs is 1. The second kappa shape index (κ2) is 5.88. The smallest absolute Gasteiger partial charge is 0.306 e. The Bertz CT molecular complexity index is 943. The van der Waals surface area contributed by atoms with Crippen LogP contribution >= 0.6 is 0 Å². The van der Waals surface area contributed by atoms with E-state index in [2.05, 4.69) is 26.1 Å². The molecule has 0 aromatic heterocycles. The van der Waals surface area contributed by atoms with Gasteiger partial charge in [0, 0.05) is 0 Å². The van der Waals surface area contributed by atoms with E-state index in [0.717, 1.165) is 21.0 Å². The van der Waals surface area contributed by atoms with Crippen LogP contribution in [0.5, 0.6) is 0 Å². The first-order chi connectivity index (χ1) is 11.6. The number of sulfonamides is 1. The number of carbonyl (C=O) groups excluding carboxylic acids is 1. The summed E-state index contributed by atoms with van der Waals surface area (Å²) >= 11 is 0. The zero-order chi connectivity index (χ0) is 18.4. The van der Waals surface area contributed by atoms with Crippen LogP contribution in [0.4, 0.5) is 10.5 Å². The molecule has 0 atom stereocenters. The lowest BCUT2D eigenvalue weighted by Crippen LogP contribution is -2.43. The van der Waals surface area contributed by atoms with Crippen molar-refractivity contribution in [2.45, 2.75) is 44.6 Å². The summed E-state index contributed by atoms with van der Waals surface area (Å²) in [6.45, 7) is 8.13. The standard InChI is InChI=1S/C19H22N2O3S/c1-13-8-9-17-16(10-13)20-18(22)21(25(17,23)24)12-14-6-5-7-15(11-14)19(2,3)4/h5-11H,12H2,1-4H3,(H,20,22). The van der Waals surface area contributed by atoms with Gasteiger partial charge in [-0.2, -0.15) is 0 Å². The molecule has 0 bridgehead atoms. The van der Waals surface area contributed by atoms with Gasteiger partial charge < -0.3 is 5.32 Å². The third kappa shape index (κ3) is 3.26. The van der Waals surface area contributed by atoms with Gasteiger partial charge in [-0.25, -0.2) is 17.5 Å². The lowest BCUT2D eigenvalue weighted by Gasteiger charge is -2.29. The molecule has 2 amide bonds. The Morgan fingerprint density at radius 2 is 1.80 bits per heavy atom. The molecular weight excluding hydrogens is 336 g/mol. The molecule has 0 fully saturated rings. The number of nitrogens with zero attached hydrogens (tertiary/aromatic N) is 1. The number of amides is 2. The van der Waals surface area contributed by atoms with E-state index in [1.165, 1.54) is 6.07 Å². The maximum Gasteiger partial charge on any atom is 0.336 e. The summed E-state index contributed by atoms with van der Waals surface area (Å²) in [4.78, 5) is 12.5. The fraction of sp³-hybridized carbons (Fsp3) is 0.316. The van der Waals surface area contributed by atoms with Crippen LogP contribution in [0.1, 0.15) is 37.5 Å². The number of hydrogen-bond donors (Lipinski definition) is 1. The normalized spacial score (nSPS) is 16.3. The van der Waals surface area contributed by atoms with Crippen LogP contribution in [0.25, 0.3) is 0 Å². The van der Waals surface area contributed by atoms with Crippen molar-refractivity contribution in [3.05, 3.63) is 59.2 Å². The highest BCUT2D eigenvalue weighted by molar-refractivity contribution is 7.90. The number of carbonyl (C=O) groups is 1. The molecule has 25 heavy (non-hydrogen) atoms. The third-order valence-corrected chi connectivity index (χ3v) is 6.08. The van der Waals surface area contributed by atoms with Crippen LogP contribution in [0.2, 0.25) is 0 Å². The number of hydrogen-bond acceptors (Lipinski definition) is 3. The predicted molar refractivity (Wildman–Crippen MR) is 98.1 cm³/mol. The molecule has 0 spiro atoms. The average Bonchev–Trinajstić information content (AvgIpc) is 2.50. The molecule has 2 aromatic rings. The van der Waals surface area contributed by atoms with E-state index in [9.17, 15) is 13.2 Å². The van der Waals surface area contributed by atoms with Crippen LogP contribution in [0.15, 0.2) is 47.4 Å². The Labute approximate surface area is 148 Å². The van der Waals surface area contributed by atoms with E-state index >= 15 is 0 Å². The van der Waals surface area contributed by atoms with Crippen LogP contribution in [0, 0.1) is 6.92 Å². The predicted octanol–water partition coefficient (Wildman–Crippen LogP) is 4.03. The number of aryl methyl sites for hydroxylation is 1. The highest BCUT2D eigenvalue weighted by Gasteiger charge is 2.36. The molecule has 0 saturated heterocycles. The third-order valence-electron chi connectivity index (χ3n) is 4.29. The lowest BCUT2D eigenvalue weighted by atomic mass is 9.86. The summed E-state index contributed by atoms with van der Waals surface area (Å²) in [6, 6.07) is 12.0. The number of benzene rings is 2. The molecule has 0 aliphatic carbocycles. The molecule has 1 aliphatic rings. The quantitative estimate of drug-likeness (QED) is 0.881. The fourth-order valence-corrected chi connectivity index (χ4v) is 4.28. The highest BCUT2D eigenvalue weighted by Crippen LogP contribution is 2.32. The zero-order valence-electron chi connectivity index (χ0n) is 14.8. The van der Waals surface area contributed by atoms with Gasteiger partial charge in [-0.3, -0.25) is 0 Å². The summed E-state index contributed by atoms with van der Waals surface area (Å²) in [5.41, 5.74) is 3.05. The van der Waals surface area contributed by atoms with E-state index in [4.69, 9.17) is 0 Å². The topological polar surface area (TPSA) is 66.5 Å². The van der Waals surface area contributed by atoms with Crippen molar-refractivity contribution in [1.29, 1.82) is 0 Å². The highest BCUT2D eigenvalue weighted by atomic mass is 32.2. The molecule has 5 nitrogen and oxygen atoms in total. The summed E-state index contributed by atoms with van der Waals surface area (Å²) in [7, 11) is -3.87. The summed E-state index contributed by atoms with van der Waals surface area (Å²) < 4.78 is 26.6. The molecule has 0 saturated carbocycles. The van der Waals surface area contributed by atoms with E-state index in [1.807, 2.05) is 31.2 Å². The van der Waals surface area contributed by atoms with Gasteiger partial charge in [0.25, 0.3) is 10.0 Å². The molecule has 0 unspecified atom stereocenters. The van der Waals surface area contributed by atoms with Gasteiger partial charge in [0.2, 0.25) is 0 Å². The van der Waals surface area contributed by atoms with Crippen LogP contribution in [-0.4, -0.2) is 18.8 Å². The van der Waals surface area contributed by atoms with Gasteiger partial charge >= 0.3 is 6.03 Å². The van der Waals surface area contributed by atoms with Gasteiger partial charge in [-0.1, -0.05) is 51.1 Å². The molecule has 1 N–H and O–H groups in total. The summed E-state index contributed by atoms with van der Waals surface area (Å²) in [5, 5.41) is 2.68. The molecule has 1 aliphatic heterocycles. The minimum atomic E-state index is -3.87. The zero-order valence-corrected chi connectivity index (χ0v) is 15.6. The maximum atomic E-state index is 12.9. The first-order valence-electron chi connectivity index (χ1n) is 8.13. The van der Waals surface area contributed by atoms with Gasteiger partial charge in [-0.15, -0.1) is 0 Å². The van der Waals surface area contributed by atoms with E-state index in [0.29, 0.717) is 5.69 Å². The molecule has 2 aromatic carbocycles. The Balaban J connectivity index is 1.99. The summed E-state index contributed by atoms with van der Waals surface area (Å²) in [6.07, 6.45) is 0. The van der Waals surface area contributed by atoms with Crippen molar-refractivity contribution in [2.24, 2.45) is 0 Å². The summed E-state index contributed by atoms with van der Waals surface area (Å²) in [5.74, 6) is 0. The monoisotopic (exact) mass is 358 g/mol. The maximum absolute atomic E-state index is 12.9. The molecular formula is C19H22N2O3S. The van der Waals surface area contributed by atoms with Crippen LogP contribution in [0.3, 0.4) is 0 Å². The average molecular weight is 358 g/mol. The molecule has 1 heterocycles. The fourth-order valence-electron chi connectivity index (χ4n) is 2.83. The Kier molecular flexibility index (Phi) is 4.11. The van der Waals surface area contributed by atoms with Crippen molar-refractivity contribution in [1.82, 2.24) is 4.31 Å². The van der Waals surface area contributed by atoms with Gasteiger partial charge in [0.05, 0.1) is 12.2 Å². The molecule has 3 rings (SSSR count). The van der Waals surface area contributed by atoms with E-state index in [1.54, 1.807) is 12.1 Å². The Hall–Kier alpha value is -2.34. The van der Waals surface area contributed by atoms with Crippen molar-refractivity contribution < 1.29 is 13.2 Å².